The standard InChI is InChI=1S/C32H29Br2N3O6/c1-2-40-32(39)28(17-38)35-16-23-14-25(33)30(15-29(23)41-18-20-11-12-26-27(13-20)37-43-36-26)42-19-22-9-6-10-24(31(22)34)21-7-4-3-5-8-21/h3-15,28,35,38H,2,16-19H2,1H3. The maximum absolute atomic E-state index is 12.2. The maximum atomic E-state index is 12.2. The van der Waals surface area contributed by atoms with E-state index in [2.05, 4.69) is 65.7 Å². The van der Waals surface area contributed by atoms with Gasteiger partial charge in [-0.1, -0.05) is 54.6 Å². The number of hydrogen-bond acceptors (Lipinski definition) is 9. The van der Waals surface area contributed by atoms with Gasteiger partial charge in [0.2, 0.25) is 0 Å². The Balaban J connectivity index is 1.38. The zero-order valence-electron chi connectivity index (χ0n) is 23.3. The molecule has 43 heavy (non-hydrogen) atoms. The molecule has 11 heteroatoms. The Morgan fingerprint density at radius 1 is 0.907 bits per heavy atom. The van der Waals surface area contributed by atoms with Crippen molar-refractivity contribution in [3.05, 3.63) is 104 Å². The first-order chi connectivity index (χ1) is 21.0. The van der Waals surface area contributed by atoms with Crippen LogP contribution in [0.15, 0.2) is 92.4 Å². The van der Waals surface area contributed by atoms with E-state index in [1.54, 1.807) is 6.92 Å². The summed E-state index contributed by atoms with van der Waals surface area (Å²) in [7, 11) is 0. The minimum Gasteiger partial charge on any atom is -0.488 e. The van der Waals surface area contributed by atoms with Crippen molar-refractivity contribution in [2.24, 2.45) is 0 Å². The minimum absolute atomic E-state index is 0.221. The number of nitrogens with zero attached hydrogens (tertiary/aromatic N) is 2. The largest absolute Gasteiger partial charge is 0.488 e. The molecule has 2 N–H and O–H groups in total. The molecule has 4 aromatic carbocycles. The van der Waals surface area contributed by atoms with E-state index in [1.807, 2.05) is 60.7 Å². The van der Waals surface area contributed by atoms with Gasteiger partial charge in [-0.25, -0.2) is 4.63 Å². The number of nitrogens with one attached hydrogen (secondary N) is 1. The fraction of sp³-hybridized carbons (Fsp3) is 0.219. The summed E-state index contributed by atoms with van der Waals surface area (Å²) in [5.41, 5.74) is 6.07. The highest BCUT2D eigenvalue weighted by atomic mass is 79.9. The van der Waals surface area contributed by atoms with Gasteiger partial charge in [0.05, 0.1) is 17.7 Å². The van der Waals surface area contributed by atoms with Crippen LogP contribution in [-0.4, -0.2) is 40.6 Å². The molecule has 0 saturated heterocycles. The van der Waals surface area contributed by atoms with Crippen LogP contribution in [-0.2, 0) is 29.3 Å². The third-order valence-corrected chi connectivity index (χ3v) is 8.22. The molecule has 1 atom stereocenters. The molecule has 1 aromatic heterocycles. The molecule has 1 heterocycles. The SMILES string of the molecule is CCOC(=O)C(CO)NCc1cc(Br)c(OCc2cccc(-c3ccccc3)c2Br)cc1OCc1ccc2nonc2c1. The number of esters is 1. The molecule has 0 aliphatic carbocycles. The number of rotatable bonds is 13. The van der Waals surface area contributed by atoms with Crippen LogP contribution in [0.2, 0.25) is 0 Å². The molecule has 1 unspecified atom stereocenters. The Bertz CT molecular complexity index is 1700. The summed E-state index contributed by atoms with van der Waals surface area (Å²) in [6, 6.07) is 24.6. The van der Waals surface area contributed by atoms with Crippen LogP contribution in [0.4, 0.5) is 0 Å². The minimum atomic E-state index is -0.876. The quantitative estimate of drug-likeness (QED) is 0.131. The molecule has 0 bridgehead atoms. The van der Waals surface area contributed by atoms with Crippen molar-refractivity contribution >= 4 is 48.9 Å². The first kappa shape index (κ1) is 30.7. The predicted molar refractivity (Wildman–Crippen MR) is 169 cm³/mol. The van der Waals surface area contributed by atoms with E-state index in [-0.39, 0.29) is 19.8 Å². The molecule has 0 aliphatic heterocycles. The summed E-state index contributed by atoms with van der Waals surface area (Å²) in [6.45, 7) is 2.32. The smallest absolute Gasteiger partial charge is 0.325 e. The van der Waals surface area contributed by atoms with Crippen LogP contribution in [0.1, 0.15) is 23.6 Å². The Labute approximate surface area is 265 Å². The number of aromatic nitrogens is 2. The van der Waals surface area contributed by atoms with Gasteiger partial charge in [0.25, 0.3) is 0 Å². The van der Waals surface area contributed by atoms with E-state index in [0.29, 0.717) is 33.6 Å². The Kier molecular flexibility index (Phi) is 10.4. The molecule has 0 aliphatic rings. The number of ether oxygens (including phenoxy) is 3. The van der Waals surface area contributed by atoms with E-state index in [9.17, 15) is 9.90 Å². The third kappa shape index (κ3) is 7.61. The molecular weight excluding hydrogens is 682 g/mol. The second-order valence-corrected chi connectivity index (χ2v) is 11.2. The summed E-state index contributed by atoms with van der Waals surface area (Å²) in [6.07, 6.45) is 0. The second-order valence-electron chi connectivity index (χ2n) is 9.57. The van der Waals surface area contributed by atoms with E-state index >= 15 is 0 Å². The summed E-state index contributed by atoms with van der Waals surface area (Å²) < 4.78 is 24.1. The first-order valence-corrected chi connectivity index (χ1v) is 15.2. The second kappa shape index (κ2) is 14.6. The van der Waals surface area contributed by atoms with Gasteiger partial charge >= 0.3 is 5.97 Å². The molecule has 5 rings (SSSR count). The van der Waals surface area contributed by atoms with Gasteiger partial charge in [0.1, 0.15) is 41.8 Å². The average Bonchev–Trinajstić information content (AvgIpc) is 3.49. The normalized spacial score (nSPS) is 11.8. The predicted octanol–water partition coefficient (Wildman–Crippen LogP) is 6.59. The molecule has 0 fully saturated rings. The van der Waals surface area contributed by atoms with E-state index in [1.165, 1.54) is 0 Å². The van der Waals surface area contributed by atoms with Crippen molar-refractivity contribution in [1.29, 1.82) is 0 Å². The fourth-order valence-electron chi connectivity index (χ4n) is 4.42. The van der Waals surface area contributed by atoms with E-state index in [0.717, 1.165) is 32.3 Å². The Morgan fingerprint density at radius 3 is 2.49 bits per heavy atom. The lowest BCUT2D eigenvalue weighted by Gasteiger charge is -2.19. The molecule has 0 spiro atoms. The summed E-state index contributed by atoms with van der Waals surface area (Å²) in [5, 5.41) is 20.5. The van der Waals surface area contributed by atoms with Crippen LogP contribution in [0.3, 0.4) is 0 Å². The molecule has 0 radical (unpaired) electrons. The topological polar surface area (TPSA) is 116 Å². The first-order valence-electron chi connectivity index (χ1n) is 13.6. The van der Waals surface area contributed by atoms with Crippen molar-refractivity contribution < 1.29 is 28.7 Å². The van der Waals surface area contributed by atoms with Crippen LogP contribution in [0.5, 0.6) is 11.5 Å². The number of benzene rings is 4. The number of aliphatic hydroxyl groups excluding tert-OH is 1. The van der Waals surface area contributed by atoms with Gasteiger partial charge in [0.15, 0.2) is 0 Å². The van der Waals surface area contributed by atoms with Gasteiger partial charge in [-0.15, -0.1) is 0 Å². The zero-order valence-corrected chi connectivity index (χ0v) is 26.4. The van der Waals surface area contributed by atoms with Crippen molar-refractivity contribution in [1.82, 2.24) is 15.6 Å². The summed E-state index contributed by atoms with van der Waals surface area (Å²) in [5.74, 6) is 0.599. The maximum Gasteiger partial charge on any atom is 0.325 e. The van der Waals surface area contributed by atoms with Gasteiger partial charge in [-0.2, -0.15) is 0 Å². The Hall–Kier alpha value is -3.77. The average molecular weight is 711 g/mol. The highest BCUT2D eigenvalue weighted by Gasteiger charge is 2.20. The lowest BCUT2D eigenvalue weighted by atomic mass is 10.0. The van der Waals surface area contributed by atoms with Crippen molar-refractivity contribution in [2.45, 2.75) is 32.7 Å². The van der Waals surface area contributed by atoms with Gasteiger partial charge in [0, 0.05) is 28.2 Å². The number of carbonyl (C=O) groups excluding carboxylic acids is 1. The van der Waals surface area contributed by atoms with Crippen LogP contribution >= 0.6 is 31.9 Å². The summed E-state index contributed by atoms with van der Waals surface area (Å²) in [4.78, 5) is 12.2. The van der Waals surface area contributed by atoms with Crippen molar-refractivity contribution in [3.8, 4) is 22.6 Å². The molecular formula is C32H29Br2N3O6. The van der Waals surface area contributed by atoms with Gasteiger partial charge in [-0.05, 0) is 84.0 Å². The number of fused-ring (bicyclic) bond motifs is 1. The fourth-order valence-corrected chi connectivity index (χ4v) is 5.54. The number of carbonyl (C=O) groups is 1. The van der Waals surface area contributed by atoms with E-state index < -0.39 is 18.6 Å². The van der Waals surface area contributed by atoms with Gasteiger partial charge < -0.3 is 19.3 Å². The Morgan fingerprint density at radius 2 is 1.70 bits per heavy atom. The number of halogens is 2. The molecule has 0 amide bonds. The van der Waals surface area contributed by atoms with Crippen LogP contribution in [0.25, 0.3) is 22.2 Å². The lowest BCUT2D eigenvalue weighted by Crippen LogP contribution is -2.40. The third-order valence-electron chi connectivity index (χ3n) is 6.67. The van der Waals surface area contributed by atoms with Gasteiger partial charge in [-0.3, -0.25) is 10.1 Å². The highest BCUT2D eigenvalue weighted by molar-refractivity contribution is 9.11. The number of aliphatic hydroxyl groups is 1. The highest BCUT2D eigenvalue weighted by Crippen LogP contribution is 2.36. The van der Waals surface area contributed by atoms with Crippen molar-refractivity contribution in [2.75, 3.05) is 13.2 Å². The lowest BCUT2D eigenvalue weighted by molar-refractivity contribution is -0.146. The van der Waals surface area contributed by atoms with E-state index in [4.69, 9.17) is 18.8 Å². The monoisotopic (exact) mass is 709 g/mol. The zero-order chi connectivity index (χ0) is 30.2. The molecule has 5 aromatic rings. The van der Waals surface area contributed by atoms with Crippen LogP contribution in [0, 0.1) is 0 Å². The molecule has 222 valence electrons. The molecule has 9 nitrogen and oxygen atoms in total. The molecule has 0 saturated carbocycles. The van der Waals surface area contributed by atoms with Crippen LogP contribution < -0.4 is 14.8 Å². The summed E-state index contributed by atoms with van der Waals surface area (Å²) >= 11 is 7.40. The number of hydrogen-bond donors (Lipinski definition) is 2. The van der Waals surface area contributed by atoms with Crippen molar-refractivity contribution in [3.63, 3.8) is 0 Å².